The van der Waals surface area contributed by atoms with Crippen LogP contribution in [0.1, 0.15) is 58.8 Å². The summed E-state index contributed by atoms with van der Waals surface area (Å²) in [6.45, 7) is 6.77. The van der Waals surface area contributed by atoms with Crippen LogP contribution in [0.2, 0.25) is 0 Å². The molecule has 1 aliphatic heterocycles. The van der Waals surface area contributed by atoms with Crippen LogP contribution in [0.5, 0.6) is 0 Å². The van der Waals surface area contributed by atoms with Gasteiger partial charge >= 0.3 is 0 Å². The average Bonchev–Trinajstić information content (AvgIpc) is 3.15. The van der Waals surface area contributed by atoms with Gasteiger partial charge in [-0.15, -0.1) is 0 Å². The minimum Gasteiger partial charge on any atom is -0.367 e. The molecule has 5 nitrogen and oxygen atoms in total. The Bertz CT molecular complexity index is 647. The number of carbonyl (C=O) groups is 2. The zero-order valence-electron chi connectivity index (χ0n) is 16.9. The third-order valence-corrected chi connectivity index (χ3v) is 4.86. The molecule has 1 aliphatic rings. The van der Waals surface area contributed by atoms with E-state index in [0.717, 1.165) is 50.9 Å². The highest BCUT2D eigenvalue weighted by Gasteiger charge is 2.21. The maximum Gasteiger partial charge on any atom is 0.224 e. The Morgan fingerprint density at radius 3 is 2.14 bits per heavy atom. The summed E-state index contributed by atoms with van der Waals surface area (Å²) in [5.41, 5.74) is 0.0842. The minimum atomic E-state index is -0.665. The molecule has 0 saturated carbocycles. The Kier molecular flexibility index (Phi) is 8.67. The number of rotatable bonds is 10. The molecule has 1 aromatic carbocycles. The number of hydrogen-bond donors (Lipinski definition) is 1. The Labute approximate surface area is 166 Å². The Morgan fingerprint density at radius 2 is 1.61 bits per heavy atom. The molecular formula is C21H31F2N3O2. The van der Waals surface area contributed by atoms with E-state index in [9.17, 15) is 18.4 Å². The van der Waals surface area contributed by atoms with Gasteiger partial charge in [0, 0.05) is 44.7 Å². The van der Waals surface area contributed by atoms with Crippen LogP contribution in [0, 0.1) is 11.6 Å². The summed E-state index contributed by atoms with van der Waals surface area (Å²) >= 11 is 0. The lowest BCUT2D eigenvalue weighted by Gasteiger charge is -2.21. The number of nitrogens with zero attached hydrogens (tertiary/aromatic N) is 2. The molecule has 0 radical (unpaired) electrons. The number of nitrogens with one attached hydrogen (secondary N) is 1. The summed E-state index contributed by atoms with van der Waals surface area (Å²) in [7, 11) is 0. The van der Waals surface area contributed by atoms with Crippen LogP contribution in [-0.2, 0) is 9.59 Å². The first-order chi connectivity index (χ1) is 13.5. The smallest absolute Gasteiger partial charge is 0.224 e. The van der Waals surface area contributed by atoms with Gasteiger partial charge in [0.1, 0.15) is 5.69 Å². The van der Waals surface area contributed by atoms with Crippen LogP contribution in [0.4, 0.5) is 20.2 Å². The van der Waals surface area contributed by atoms with Crippen molar-refractivity contribution in [2.75, 3.05) is 36.4 Å². The van der Waals surface area contributed by atoms with Crippen LogP contribution in [0.15, 0.2) is 12.1 Å². The maximum atomic E-state index is 14.3. The van der Waals surface area contributed by atoms with Gasteiger partial charge in [-0.3, -0.25) is 9.59 Å². The van der Waals surface area contributed by atoms with Crippen molar-refractivity contribution in [3.8, 4) is 0 Å². The number of benzene rings is 1. The molecule has 0 aromatic heterocycles. The van der Waals surface area contributed by atoms with E-state index in [2.05, 4.69) is 5.32 Å². The van der Waals surface area contributed by atoms with Crippen LogP contribution in [-0.4, -0.2) is 42.9 Å². The van der Waals surface area contributed by atoms with Gasteiger partial charge in [-0.1, -0.05) is 13.8 Å². The maximum absolute atomic E-state index is 14.3. The number of hydrogen-bond acceptors (Lipinski definition) is 3. The van der Waals surface area contributed by atoms with Gasteiger partial charge in [0.15, 0.2) is 11.6 Å². The van der Waals surface area contributed by atoms with E-state index in [0.29, 0.717) is 25.9 Å². The Balaban J connectivity index is 1.85. The lowest BCUT2D eigenvalue weighted by atomic mass is 10.2. The van der Waals surface area contributed by atoms with Crippen molar-refractivity contribution >= 4 is 23.2 Å². The lowest BCUT2D eigenvalue weighted by Crippen LogP contribution is -2.32. The summed E-state index contributed by atoms with van der Waals surface area (Å²) in [6, 6.07) is 2.31. The molecular weight excluding hydrogens is 364 g/mol. The first-order valence-corrected chi connectivity index (χ1v) is 10.3. The van der Waals surface area contributed by atoms with E-state index < -0.39 is 11.6 Å². The number of anilines is 2. The van der Waals surface area contributed by atoms with E-state index in [1.165, 1.54) is 0 Å². The van der Waals surface area contributed by atoms with Crippen molar-refractivity contribution in [1.82, 2.24) is 4.90 Å². The molecule has 156 valence electrons. The van der Waals surface area contributed by atoms with Crippen LogP contribution in [0.25, 0.3) is 0 Å². The Hall–Kier alpha value is -2.18. The number of carbonyl (C=O) groups excluding carboxylic acids is 2. The standard InChI is InChI=1S/C21H31F2N3O2/c1-3-10-25(11-4-2)20(28)9-7-8-19(27)24-16-14-17(22)21(18(23)15-16)26-12-5-6-13-26/h14-15H,3-13H2,1-2H3,(H,24,27). The van der Waals surface area contributed by atoms with Gasteiger partial charge in [-0.05, 0) is 44.2 Å². The molecule has 0 bridgehead atoms. The molecule has 0 spiro atoms. The zero-order chi connectivity index (χ0) is 20.5. The predicted molar refractivity (Wildman–Crippen MR) is 107 cm³/mol. The highest BCUT2D eigenvalue weighted by Crippen LogP contribution is 2.29. The molecule has 1 fully saturated rings. The first-order valence-electron chi connectivity index (χ1n) is 10.3. The van der Waals surface area contributed by atoms with Gasteiger partial charge in [0.05, 0.1) is 0 Å². The van der Waals surface area contributed by atoms with Gasteiger partial charge < -0.3 is 15.1 Å². The van der Waals surface area contributed by atoms with Crippen LogP contribution in [0.3, 0.4) is 0 Å². The predicted octanol–water partition coefficient (Wildman–Crippen LogP) is 4.32. The second-order valence-corrected chi connectivity index (χ2v) is 7.27. The van der Waals surface area contributed by atoms with Gasteiger partial charge in [-0.2, -0.15) is 0 Å². The lowest BCUT2D eigenvalue weighted by molar-refractivity contribution is -0.131. The van der Waals surface area contributed by atoms with E-state index in [-0.39, 0.29) is 29.6 Å². The van der Waals surface area contributed by atoms with E-state index in [4.69, 9.17) is 0 Å². The second kappa shape index (κ2) is 11.0. The molecule has 7 heteroatoms. The van der Waals surface area contributed by atoms with Gasteiger partial charge in [0.25, 0.3) is 0 Å². The molecule has 0 atom stereocenters. The normalized spacial score (nSPS) is 13.6. The quantitative estimate of drug-likeness (QED) is 0.642. The molecule has 1 heterocycles. The van der Waals surface area contributed by atoms with E-state index in [1.54, 1.807) is 4.90 Å². The van der Waals surface area contributed by atoms with Gasteiger partial charge in [0.2, 0.25) is 11.8 Å². The van der Waals surface area contributed by atoms with Crippen LogP contribution >= 0.6 is 0 Å². The number of halogens is 2. The van der Waals surface area contributed by atoms with Crippen molar-refractivity contribution in [3.05, 3.63) is 23.8 Å². The largest absolute Gasteiger partial charge is 0.367 e. The topological polar surface area (TPSA) is 52.7 Å². The summed E-state index contributed by atoms with van der Waals surface area (Å²) in [4.78, 5) is 27.8. The van der Waals surface area contributed by atoms with Crippen molar-refractivity contribution in [3.63, 3.8) is 0 Å². The van der Waals surface area contributed by atoms with Crippen molar-refractivity contribution < 1.29 is 18.4 Å². The molecule has 0 unspecified atom stereocenters. The second-order valence-electron chi connectivity index (χ2n) is 7.27. The third-order valence-electron chi connectivity index (χ3n) is 4.86. The highest BCUT2D eigenvalue weighted by atomic mass is 19.1. The SMILES string of the molecule is CCCN(CCC)C(=O)CCCC(=O)Nc1cc(F)c(N2CCCC2)c(F)c1. The van der Waals surface area contributed by atoms with Crippen molar-refractivity contribution in [2.45, 2.75) is 58.8 Å². The third kappa shape index (κ3) is 6.17. The fourth-order valence-electron chi connectivity index (χ4n) is 3.56. The monoisotopic (exact) mass is 395 g/mol. The van der Waals surface area contributed by atoms with Crippen molar-refractivity contribution in [2.24, 2.45) is 0 Å². The van der Waals surface area contributed by atoms with Crippen LogP contribution < -0.4 is 10.2 Å². The molecule has 1 aromatic rings. The molecule has 2 amide bonds. The fourth-order valence-corrected chi connectivity index (χ4v) is 3.56. The minimum absolute atomic E-state index is 0.0203. The number of amides is 2. The molecule has 0 aliphatic carbocycles. The fraction of sp³-hybridized carbons (Fsp3) is 0.619. The first kappa shape index (κ1) is 22.1. The average molecular weight is 395 g/mol. The molecule has 28 heavy (non-hydrogen) atoms. The summed E-state index contributed by atoms with van der Waals surface area (Å²) < 4.78 is 28.6. The van der Waals surface area contributed by atoms with E-state index >= 15 is 0 Å². The van der Waals surface area contributed by atoms with E-state index in [1.807, 2.05) is 18.7 Å². The van der Waals surface area contributed by atoms with Gasteiger partial charge in [-0.25, -0.2) is 8.78 Å². The summed E-state index contributed by atoms with van der Waals surface area (Å²) in [6.07, 6.45) is 4.48. The zero-order valence-corrected chi connectivity index (χ0v) is 16.9. The summed E-state index contributed by atoms with van der Waals surface area (Å²) in [5, 5.41) is 2.53. The van der Waals surface area contributed by atoms with Crippen molar-refractivity contribution in [1.29, 1.82) is 0 Å². The Morgan fingerprint density at radius 1 is 1.04 bits per heavy atom. The molecule has 1 saturated heterocycles. The summed E-state index contributed by atoms with van der Waals surface area (Å²) in [5.74, 6) is -1.63. The highest BCUT2D eigenvalue weighted by molar-refractivity contribution is 5.91. The molecule has 2 rings (SSSR count). The molecule has 1 N–H and O–H groups in total.